The summed E-state index contributed by atoms with van der Waals surface area (Å²) < 4.78 is 13.5. The van der Waals surface area contributed by atoms with Crippen LogP contribution in [0.5, 0.6) is 11.5 Å². The van der Waals surface area contributed by atoms with Gasteiger partial charge in [0.25, 0.3) is 0 Å². The summed E-state index contributed by atoms with van der Waals surface area (Å²) in [6.45, 7) is 10.4. The minimum absolute atomic E-state index is 0.116. The van der Waals surface area contributed by atoms with Crippen molar-refractivity contribution in [1.82, 2.24) is 14.8 Å². The molecule has 3 rings (SSSR count). The van der Waals surface area contributed by atoms with Gasteiger partial charge < -0.3 is 19.4 Å². The highest BCUT2D eigenvalue weighted by molar-refractivity contribution is 7.99. The van der Waals surface area contributed by atoms with Crippen LogP contribution in [0.25, 0.3) is 0 Å². The lowest BCUT2D eigenvalue weighted by Gasteiger charge is -2.21. The number of anilines is 1. The Bertz CT molecular complexity index is 1080. The van der Waals surface area contributed by atoms with Gasteiger partial charge in [-0.25, -0.2) is 0 Å². The molecular weight excluding hydrogens is 436 g/mol. The van der Waals surface area contributed by atoms with Crippen LogP contribution in [-0.4, -0.2) is 33.5 Å². The number of nitrogens with zero attached hydrogens (tertiary/aromatic N) is 3. The van der Waals surface area contributed by atoms with E-state index in [9.17, 15) is 4.79 Å². The Morgan fingerprint density at radius 1 is 1.06 bits per heavy atom. The van der Waals surface area contributed by atoms with Gasteiger partial charge in [-0.15, -0.1) is 10.2 Å². The summed E-state index contributed by atoms with van der Waals surface area (Å²) in [4.78, 5) is 12.5. The Morgan fingerprint density at radius 2 is 1.82 bits per heavy atom. The van der Waals surface area contributed by atoms with Crippen LogP contribution in [0.15, 0.2) is 53.7 Å². The molecule has 0 radical (unpaired) electrons. The second-order valence-corrected chi connectivity index (χ2v) is 9.27. The van der Waals surface area contributed by atoms with Crippen molar-refractivity contribution in [1.29, 1.82) is 0 Å². The Kier molecular flexibility index (Phi) is 8.38. The molecule has 33 heavy (non-hydrogen) atoms. The topological polar surface area (TPSA) is 78.3 Å². The van der Waals surface area contributed by atoms with Gasteiger partial charge in [-0.1, -0.05) is 49.9 Å². The molecule has 1 amide bonds. The first kappa shape index (κ1) is 24.6. The highest BCUT2D eigenvalue weighted by Gasteiger charge is 2.23. The van der Waals surface area contributed by atoms with Gasteiger partial charge in [0.1, 0.15) is 11.5 Å². The third-order valence-corrected chi connectivity index (χ3v) is 6.04. The van der Waals surface area contributed by atoms with Gasteiger partial charge in [-0.3, -0.25) is 4.79 Å². The summed E-state index contributed by atoms with van der Waals surface area (Å²) >= 11 is 1.36. The maximum atomic E-state index is 12.5. The number of hydrogen-bond donors (Lipinski definition) is 1. The molecule has 0 saturated carbocycles. The first-order valence-electron chi connectivity index (χ1n) is 11.1. The van der Waals surface area contributed by atoms with Crippen molar-refractivity contribution in [3.8, 4) is 11.5 Å². The molecule has 7 nitrogen and oxygen atoms in total. The second kappa shape index (κ2) is 11.2. The fraction of sp³-hybridized carbons (Fsp3) is 0.400. The first-order valence-corrected chi connectivity index (χ1v) is 12.1. The Morgan fingerprint density at radius 3 is 2.52 bits per heavy atom. The van der Waals surface area contributed by atoms with Gasteiger partial charge in [0.05, 0.1) is 12.9 Å². The van der Waals surface area contributed by atoms with Crippen molar-refractivity contribution in [2.75, 3.05) is 18.2 Å². The van der Waals surface area contributed by atoms with Crippen LogP contribution in [0.3, 0.4) is 0 Å². The number of hydrogen-bond acceptors (Lipinski definition) is 6. The van der Waals surface area contributed by atoms with Gasteiger partial charge in [0.2, 0.25) is 5.91 Å². The average molecular weight is 469 g/mol. The normalized spacial score (nSPS) is 12.1. The molecular formula is C25H32N4O3S. The average Bonchev–Trinajstić information content (AvgIpc) is 3.22. The molecule has 176 valence electrons. The van der Waals surface area contributed by atoms with Crippen molar-refractivity contribution in [3.05, 3.63) is 59.9 Å². The smallest absolute Gasteiger partial charge is 0.234 e. The molecule has 0 saturated heterocycles. The van der Waals surface area contributed by atoms with E-state index >= 15 is 0 Å². The van der Waals surface area contributed by atoms with E-state index in [1.54, 1.807) is 13.2 Å². The van der Waals surface area contributed by atoms with E-state index in [2.05, 4.69) is 49.3 Å². The number of rotatable bonds is 10. The van der Waals surface area contributed by atoms with Gasteiger partial charge in [0, 0.05) is 17.8 Å². The summed E-state index contributed by atoms with van der Waals surface area (Å²) in [5.74, 6) is 2.73. The van der Waals surface area contributed by atoms with Crippen LogP contribution in [-0.2, 0) is 4.79 Å². The molecule has 1 aromatic heterocycles. The largest absolute Gasteiger partial charge is 0.497 e. The molecule has 8 heteroatoms. The van der Waals surface area contributed by atoms with Crippen LogP contribution in [0.4, 0.5) is 5.69 Å². The lowest BCUT2D eigenvalue weighted by atomic mass is 10.0. The van der Waals surface area contributed by atoms with E-state index in [4.69, 9.17) is 9.47 Å². The minimum Gasteiger partial charge on any atom is -0.497 e. The Balaban J connectivity index is 1.71. The van der Waals surface area contributed by atoms with E-state index in [0.29, 0.717) is 22.5 Å². The zero-order chi connectivity index (χ0) is 24.0. The molecule has 1 heterocycles. The molecule has 0 aliphatic rings. The minimum atomic E-state index is -0.292. The third-order valence-electron chi connectivity index (χ3n) is 5.10. The molecule has 2 aromatic carbocycles. The zero-order valence-corrected chi connectivity index (χ0v) is 20.8. The van der Waals surface area contributed by atoms with Gasteiger partial charge in [-0.2, -0.15) is 0 Å². The first-order chi connectivity index (χ1) is 15.8. The molecule has 1 atom stereocenters. The second-order valence-electron chi connectivity index (χ2n) is 8.33. The number of carbonyl (C=O) groups excluding carboxylic acids is 1. The van der Waals surface area contributed by atoms with Crippen molar-refractivity contribution in [2.45, 2.75) is 57.8 Å². The van der Waals surface area contributed by atoms with Crippen molar-refractivity contribution in [2.24, 2.45) is 0 Å². The number of thioether (sulfide) groups is 1. The number of aromatic nitrogens is 3. The fourth-order valence-electron chi connectivity index (χ4n) is 3.49. The van der Waals surface area contributed by atoms with E-state index < -0.39 is 0 Å². The monoisotopic (exact) mass is 468 g/mol. The van der Waals surface area contributed by atoms with Gasteiger partial charge in [-0.05, 0) is 50.5 Å². The van der Waals surface area contributed by atoms with Crippen LogP contribution in [0, 0.1) is 0 Å². The number of benzene rings is 2. The highest BCUT2D eigenvalue weighted by Crippen LogP contribution is 2.32. The highest BCUT2D eigenvalue weighted by atomic mass is 32.2. The number of amides is 1. The van der Waals surface area contributed by atoms with E-state index in [0.717, 1.165) is 17.1 Å². The fourth-order valence-corrected chi connectivity index (χ4v) is 4.36. The molecule has 0 fully saturated rings. The summed E-state index contributed by atoms with van der Waals surface area (Å²) in [7, 11) is 1.60. The van der Waals surface area contributed by atoms with E-state index in [-0.39, 0.29) is 23.8 Å². The predicted molar refractivity (Wildman–Crippen MR) is 132 cm³/mol. The number of para-hydroxylation sites is 1. The molecule has 0 aliphatic carbocycles. The van der Waals surface area contributed by atoms with Crippen molar-refractivity contribution in [3.63, 3.8) is 0 Å². The van der Waals surface area contributed by atoms with Crippen LogP contribution in [0.2, 0.25) is 0 Å². The number of methoxy groups -OCH3 is 1. The number of ether oxygens (including phenoxy) is 2. The molecule has 1 N–H and O–H groups in total. The molecule has 0 aliphatic heterocycles. The zero-order valence-electron chi connectivity index (χ0n) is 20.0. The summed E-state index contributed by atoms with van der Waals surface area (Å²) in [6, 6.07) is 15.5. The summed E-state index contributed by atoms with van der Waals surface area (Å²) in [6.07, 6.45) is -0.292. The molecule has 0 bridgehead atoms. The quantitative estimate of drug-likeness (QED) is 0.375. The van der Waals surface area contributed by atoms with Gasteiger partial charge >= 0.3 is 0 Å². The molecule has 0 spiro atoms. The maximum absolute atomic E-state index is 12.5. The van der Waals surface area contributed by atoms with E-state index in [1.165, 1.54) is 11.8 Å². The van der Waals surface area contributed by atoms with Crippen LogP contribution >= 0.6 is 11.8 Å². The standard InChI is InChI=1S/C25H32N4O3S/c1-16(2)21-12-7-8-13-22(21)32-18(5)24-27-28-25(29(24)17(3)4)33-15-23(30)26-19-10-9-11-20(14-19)31-6/h7-14,16-18H,15H2,1-6H3,(H,26,30). The van der Waals surface area contributed by atoms with Crippen LogP contribution < -0.4 is 14.8 Å². The predicted octanol–water partition coefficient (Wildman–Crippen LogP) is 5.86. The Hall–Kier alpha value is -3.00. The lowest BCUT2D eigenvalue weighted by Crippen LogP contribution is -2.17. The molecule has 1 unspecified atom stereocenters. The SMILES string of the molecule is COc1cccc(NC(=O)CSc2nnc(C(C)Oc3ccccc3C(C)C)n2C(C)C)c1. The van der Waals surface area contributed by atoms with Crippen molar-refractivity contribution < 1.29 is 14.3 Å². The molecule has 3 aromatic rings. The van der Waals surface area contributed by atoms with Crippen molar-refractivity contribution >= 4 is 23.4 Å². The summed E-state index contributed by atoms with van der Waals surface area (Å²) in [5.41, 5.74) is 1.85. The number of nitrogens with one attached hydrogen (secondary N) is 1. The summed E-state index contributed by atoms with van der Waals surface area (Å²) in [5, 5.41) is 12.4. The lowest BCUT2D eigenvalue weighted by molar-refractivity contribution is -0.113. The third kappa shape index (κ3) is 6.28. The van der Waals surface area contributed by atoms with E-state index in [1.807, 2.05) is 47.9 Å². The maximum Gasteiger partial charge on any atom is 0.234 e. The number of carbonyl (C=O) groups is 1. The Labute approximate surface area is 199 Å². The van der Waals surface area contributed by atoms with Crippen LogP contribution in [0.1, 0.15) is 64.1 Å². The van der Waals surface area contributed by atoms with Gasteiger partial charge in [0.15, 0.2) is 17.1 Å².